The molecule has 0 spiro atoms. The fourth-order valence-electron chi connectivity index (χ4n) is 3.80. The van der Waals surface area contributed by atoms with Crippen LogP contribution in [0, 0.1) is 25.2 Å². The van der Waals surface area contributed by atoms with Gasteiger partial charge in [-0.05, 0) is 49.8 Å². The van der Waals surface area contributed by atoms with Gasteiger partial charge in [0.1, 0.15) is 23.3 Å². The highest BCUT2D eigenvalue weighted by Crippen LogP contribution is 2.36. The summed E-state index contributed by atoms with van der Waals surface area (Å²) < 4.78 is 46.9. The summed E-state index contributed by atoms with van der Waals surface area (Å²) in [5.41, 5.74) is 2.21. The molecule has 2 aromatic carbocycles. The van der Waals surface area contributed by atoms with Gasteiger partial charge in [0.15, 0.2) is 0 Å². The van der Waals surface area contributed by atoms with Crippen LogP contribution >= 0.6 is 22.9 Å². The third kappa shape index (κ3) is 5.77. The van der Waals surface area contributed by atoms with E-state index in [1.165, 1.54) is 29.5 Å². The first kappa shape index (κ1) is 26.2. The van der Waals surface area contributed by atoms with Crippen molar-refractivity contribution in [2.24, 2.45) is 0 Å². The Morgan fingerprint density at radius 2 is 1.92 bits per heavy atom. The summed E-state index contributed by atoms with van der Waals surface area (Å²) >= 11 is 7.17. The van der Waals surface area contributed by atoms with Crippen LogP contribution in [0.3, 0.4) is 0 Å². The van der Waals surface area contributed by atoms with Gasteiger partial charge in [0.25, 0.3) is 0 Å². The van der Waals surface area contributed by atoms with Gasteiger partial charge in [0.05, 0.1) is 16.3 Å². The van der Waals surface area contributed by atoms with Gasteiger partial charge >= 0.3 is 12.1 Å². The largest absolute Gasteiger partial charge is 0.455 e. The quantitative estimate of drug-likeness (QED) is 0.144. The predicted molar refractivity (Wildman–Crippen MR) is 136 cm³/mol. The molecule has 0 aliphatic carbocycles. The molecule has 4 rings (SSSR count). The lowest BCUT2D eigenvalue weighted by molar-refractivity contribution is -0.140. The molecule has 37 heavy (non-hydrogen) atoms. The standard InChI is InChI=1S/C27H19ClF3N3O2S/c1-16-10-19(17(2)34(16)22-8-9-24(28)23(12-22)27(29,30)31)11-20(13-32)26(35)36-14-21-15-37-25(33-21)18-6-4-3-5-7-18/h3-12,15H,14H2,1-2H3/b20-11+. The first-order valence-electron chi connectivity index (χ1n) is 10.9. The maximum absolute atomic E-state index is 13.3. The maximum atomic E-state index is 13.3. The Hall–Kier alpha value is -3.87. The summed E-state index contributed by atoms with van der Waals surface area (Å²) in [7, 11) is 0. The highest BCUT2D eigenvalue weighted by atomic mass is 35.5. The zero-order valence-electron chi connectivity index (χ0n) is 19.6. The first-order chi connectivity index (χ1) is 17.6. The molecule has 0 atom stereocenters. The van der Waals surface area contributed by atoms with Gasteiger partial charge in [0.2, 0.25) is 0 Å². The van der Waals surface area contributed by atoms with Gasteiger partial charge in [-0.3, -0.25) is 0 Å². The summed E-state index contributed by atoms with van der Waals surface area (Å²) in [4.78, 5) is 17.1. The zero-order chi connectivity index (χ0) is 26.7. The Labute approximate surface area is 220 Å². The van der Waals surface area contributed by atoms with Gasteiger partial charge in [-0.2, -0.15) is 18.4 Å². The summed E-state index contributed by atoms with van der Waals surface area (Å²) in [5.74, 6) is -0.826. The zero-order valence-corrected chi connectivity index (χ0v) is 21.2. The van der Waals surface area contributed by atoms with E-state index in [9.17, 15) is 23.2 Å². The Balaban J connectivity index is 1.54. The van der Waals surface area contributed by atoms with E-state index in [4.69, 9.17) is 16.3 Å². The Morgan fingerprint density at radius 1 is 1.19 bits per heavy atom. The van der Waals surface area contributed by atoms with Crippen LogP contribution in [0.2, 0.25) is 5.02 Å². The number of alkyl halides is 3. The number of benzene rings is 2. The van der Waals surface area contributed by atoms with E-state index >= 15 is 0 Å². The van der Waals surface area contributed by atoms with Crippen LogP contribution in [-0.4, -0.2) is 15.5 Å². The summed E-state index contributed by atoms with van der Waals surface area (Å²) in [6, 6.07) is 16.7. The molecular formula is C27H19ClF3N3O2S. The van der Waals surface area contributed by atoms with E-state index in [0.29, 0.717) is 22.6 Å². The van der Waals surface area contributed by atoms with Crippen LogP contribution < -0.4 is 0 Å². The van der Waals surface area contributed by atoms with Crippen molar-refractivity contribution in [3.8, 4) is 22.3 Å². The minimum Gasteiger partial charge on any atom is -0.455 e. The normalized spacial score (nSPS) is 11.9. The second-order valence-corrected chi connectivity index (χ2v) is 9.35. The number of hydrogen-bond acceptors (Lipinski definition) is 5. The van der Waals surface area contributed by atoms with E-state index in [2.05, 4.69) is 4.98 Å². The van der Waals surface area contributed by atoms with Crippen molar-refractivity contribution in [1.29, 1.82) is 5.26 Å². The Bertz CT molecular complexity index is 1530. The third-order valence-corrected chi connectivity index (χ3v) is 6.82. The Kier molecular flexibility index (Phi) is 7.52. The van der Waals surface area contributed by atoms with E-state index in [0.717, 1.165) is 16.6 Å². The van der Waals surface area contributed by atoms with Crippen molar-refractivity contribution >= 4 is 35.0 Å². The van der Waals surface area contributed by atoms with Gasteiger partial charge in [0, 0.05) is 28.0 Å². The molecule has 10 heteroatoms. The molecule has 0 bridgehead atoms. The first-order valence-corrected chi connectivity index (χ1v) is 12.2. The number of carbonyl (C=O) groups is 1. The number of aromatic nitrogens is 2. The van der Waals surface area contributed by atoms with Crippen molar-refractivity contribution in [2.45, 2.75) is 26.6 Å². The molecule has 0 radical (unpaired) electrons. The predicted octanol–water partition coefficient (Wildman–Crippen LogP) is 7.54. The summed E-state index contributed by atoms with van der Waals surface area (Å²) in [5, 5.41) is 11.7. The minimum atomic E-state index is -4.61. The smallest absolute Gasteiger partial charge is 0.417 e. The van der Waals surface area contributed by atoms with Crippen LogP contribution in [0.15, 0.2) is 65.6 Å². The molecule has 0 aliphatic heterocycles. The molecule has 0 saturated carbocycles. The molecule has 2 heterocycles. The van der Waals surface area contributed by atoms with Crippen LogP contribution in [0.1, 0.15) is 28.2 Å². The fraction of sp³-hybridized carbons (Fsp3) is 0.148. The van der Waals surface area contributed by atoms with Crippen LogP contribution in [0.25, 0.3) is 22.3 Å². The van der Waals surface area contributed by atoms with Crippen LogP contribution in [0.4, 0.5) is 13.2 Å². The minimum absolute atomic E-state index is 0.106. The number of esters is 1. The van der Waals surface area contributed by atoms with Gasteiger partial charge < -0.3 is 9.30 Å². The van der Waals surface area contributed by atoms with Crippen LogP contribution in [-0.2, 0) is 22.3 Å². The van der Waals surface area contributed by atoms with Gasteiger partial charge in [-0.1, -0.05) is 41.9 Å². The lowest BCUT2D eigenvalue weighted by Gasteiger charge is -2.14. The van der Waals surface area contributed by atoms with E-state index in [-0.39, 0.29) is 17.9 Å². The number of rotatable bonds is 6. The number of aryl methyl sites for hydroxylation is 1. The number of nitrogens with zero attached hydrogens (tertiary/aromatic N) is 3. The molecule has 0 fully saturated rings. The SMILES string of the molecule is Cc1cc(/C=C(\C#N)C(=O)OCc2csc(-c3ccccc3)n2)c(C)n1-c1ccc(Cl)c(C(F)(F)F)c1. The number of ether oxygens (including phenoxy) is 1. The Morgan fingerprint density at radius 3 is 2.59 bits per heavy atom. The molecule has 0 N–H and O–H groups in total. The maximum Gasteiger partial charge on any atom is 0.417 e. The molecule has 0 aliphatic rings. The number of carbonyl (C=O) groups excluding carboxylic acids is 1. The van der Waals surface area contributed by atoms with Crippen molar-refractivity contribution in [3.05, 3.63) is 98.8 Å². The van der Waals surface area contributed by atoms with Gasteiger partial charge in [-0.25, -0.2) is 9.78 Å². The summed E-state index contributed by atoms with van der Waals surface area (Å²) in [6.45, 7) is 3.29. The van der Waals surface area contributed by atoms with Crippen LogP contribution in [0.5, 0.6) is 0 Å². The number of halogens is 4. The lowest BCUT2D eigenvalue weighted by atomic mass is 10.1. The van der Waals surface area contributed by atoms with E-state index < -0.39 is 22.7 Å². The van der Waals surface area contributed by atoms with Gasteiger partial charge in [-0.15, -0.1) is 11.3 Å². The number of thiazole rings is 1. The second kappa shape index (κ2) is 10.6. The van der Waals surface area contributed by atoms with Crippen molar-refractivity contribution in [2.75, 3.05) is 0 Å². The molecule has 4 aromatic rings. The number of nitriles is 1. The van der Waals surface area contributed by atoms with Crippen molar-refractivity contribution in [1.82, 2.24) is 9.55 Å². The molecule has 0 unspecified atom stereocenters. The third-order valence-electron chi connectivity index (χ3n) is 5.55. The van der Waals surface area contributed by atoms with Crippen molar-refractivity contribution < 1.29 is 22.7 Å². The summed E-state index contributed by atoms with van der Waals surface area (Å²) in [6.07, 6.45) is -3.25. The van der Waals surface area contributed by atoms with E-state index in [1.54, 1.807) is 29.9 Å². The highest BCUT2D eigenvalue weighted by Gasteiger charge is 2.33. The average Bonchev–Trinajstić information content (AvgIpc) is 3.45. The molecule has 5 nitrogen and oxygen atoms in total. The molecular weight excluding hydrogens is 523 g/mol. The van der Waals surface area contributed by atoms with E-state index in [1.807, 2.05) is 36.4 Å². The average molecular weight is 542 g/mol. The highest BCUT2D eigenvalue weighted by molar-refractivity contribution is 7.13. The second-order valence-electron chi connectivity index (χ2n) is 8.08. The molecule has 188 valence electrons. The number of hydrogen-bond donors (Lipinski definition) is 0. The lowest BCUT2D eigenvalue weighted by Crippen LogP contribution is -2.08. The topological polar surface area (TPSA) is 67.9 Å². The van der Waals surface area contributed by atoms with Crippen molar-refractivity contribution in [3.63, 3.8) is 0 Å². The molecule has 2 aromatic heterocycles. The molecule has 0 amide bonds. The fourth-order valence-corrected chi connectivity index (χ4v) is 4.83. The molecule has 0 saturated heterocycles. The monoisotopic (exact) mass is 541 g/mol.